The fourth-order valence-electron chi connectivity index (χ4n) is 2.46. The molecule has 0 radical (unpaired) electrons. The summed E-state index contributed by atoms with van der Waals surface area (Å²) in [6, 6.07) is 0.679. The van der Waals surface area contributed by atoms with Gasteiger partial charge in [-0.2, -0.15) is 5.10 Å². The molecule has 2 aliphatic rings. The first kappa shape index (κ1) is 8.33. The standard InChI is InChI=1S/C11H17N3/c1-7-8(2)13-14-10(9-3-4-9)5-6-12-11(7)14/h9-10,12H,3-6H2,1-2H3. The molecule has 1 aromatic rings. The highest BCUT2D eigenvalue weighted by atomic mass is 15.4. The average molecular weight is 191 g/mol. The minimum Gasteiger partial charge on any atom is -0.370 e. The summed E-state index contributed by atoms with van der Waals surface area (Å²) in [5.74, 6) is 2.18. The Morgan fingerprint density at radius 3 is 2.79 bits per heavy atom. The van der Waals surface area contributed by atoms with Crippen molar-refractivity contribution < 1.29 is 0 Å². The monoisotopic (exact) mass is 191 g/mol. The predicted octanol–water partition coefficient (Wildman–Crippen LogP) is 2.27. The summed E-state index contributed by atoms with van der Waals surface area (Å²) in [6.07, 6.45) is 4.06. The topological polar surface area (TPSA) is 29.9 Å². The Kier molecular flexibility index (Phi) is 1.64. The largest absolute Gasteiger partial charge is 0.370 e. The number of anilines is 1. The molecule has 3 rings (SSSR count). The maximum atomic E-state index is 4.65. The minimum absolute atomic E-state index is 0.679. The number of rotatable bonds is 1. The SMILES string of the molecule is Cc1nn2c(c1C)NCCC2C1CC1. The lowest BCUT2D eigenvalue weighted by molar-refractivity contribution is 0.374. The molecule has 3 nitrogen and oxygen atoms in total. The van der Waals surface area contributed by atoms with Crippen LogP contribution in [0.3, 0.4) is 0 Å². The molecular weight excluding hydrogens is 174 g/mol. The third-order valence-corrected chi connectivity index (χ3v) is 3.60. The van der Waals surface area contributed by atoms with Crippen LogP contribution in [0, 0.1) is 19.8 Å². The van der Waals surface area contributed by atoms with Crippen molar-refractivity contribution in [1.82, 2.24) is 9.78 Å². The van der Waals surface area contributed by atoms with Crippen molar-refractivity contribution in [1.29, 1.82) is 0 Å². The first-order valence-electron chi connectivity index (χ1n) is 5.57. The van der Waals surface area contributed by atoms with Gasteiger partial charge in [-0.15, -0.1) is 0 Å². The molecule has 76 valence electrons. The highest BCUT2D eigenvalue weighted by Crippen LogP contribution is 2.44. The van der Waals surface area contributed by atoms with Gasteiger partial charge in [0.15, 0.2) is 0 Å². The third-order valence-electron chi connectivity index (χ3n) is 3.60. The number of hydrogen-bond donors (Lipinski definition) is 1. The summed E-state index contributed by atoms with van der Waals surface area (Å²) >= 11 is 0. The Bertz CT molecular complexity index is 363. The van der Waals surface area contributed by atoms with Gasteiger partial charge >= 0.3 is 0 Å². The van der Waals surface area contributed by atoms with Gasteiger partial charge in [0.25, 0.3) is 0 Å². The van der Waals surface area contributed by atoms with Crippen LogP contribution >= 0.6 is 0 Å². The van der Waals surface area contributed by atoms with Crippen molar-refractivity contribution in [2.45, 2.75) is 39.2 Å². The quantitative estimate of drug-likeness (QED) is 0.738. The minimum atomic E-state index is 0.679. The first-order chi connectivity index (χ1) is 6.77. The molecule has 1 aliphatic heterocycles. The van der Waals surface area contributed by atoms with E-state index in [0.717, 1.165) is 12.5 Å². The Balaban J connectivity index is 2.05. The van der Waals surface area contributed by atoms with Gasteiger partial charge in [0.1, 0.15) is 5.82 Å². The number of aromatic nitrogens is 2. The smallest absolute Gasteiger partial charge is 0.127 e. The van der Waals surface area contributed by atoms with Crippen LogP contribution in [0.4, 0.5) is 5.82 Å². The molecule has 0 bridgehead atoms. The highest BCUT2D eigenvalue weighted by Gasteiger charge is 2.36. The second-order valence-electron chi connectivity index (χ2n) is 4.62. The summed E-state index contributed by atoms with van der Waals surface area (Å²) in [5, 5.41) is 8.11. The van der Waals surface area contributed by atoms with Crippen LogP contribution in [0.15, 0.2) is 0 Å². The lowest BCUT2D eigenvalue weighted by Crippen LogP contribution is -2.25. The van der Waals surface area contributed by atoms with E-state index in [-0.39, 0.29) is 0 Å². The number of nitrogens with one attached hydrogen (secondary N) is 1. The van der Waals surface area contributed by atoms with Gasteiger partial charge in [0.05, 0.1) is 11.7 Å². The molecular formula is C11H17N3. The molecule has 0 aromatic carbocycles. The summed E-state index contributed by atoms with van der Waals surface area (Å²) in [6.45, 7) is 5.38. The van der Waals surface area contributed by atoms with E-state index in [2.05, 4.69) is 28.9 Å². The molecule has 0 spiro atoms. The van der Waals surface area contributed by atoms with Crippen LogP contribution in [-0.4, -0.2) is 16.3 Å². The van der Waals surface area contributed by atoms with E-state index in [1.165, 1.54) is 36.3 Å². The Morgan fingerprint density at radius 1 is 1.29 bits per heavy atom. The molecule has 1 saturated carbocycles. The van der Waals surface area contributed by atoms with Crippen molar-refractivity contribution in [2.75, 3.05) is 11.9 Å². The summed E-state index contributed by atoms with van der Waals surface area (Å²) in [5.41, 5.74) is 2.51. The molecule has 14 heavy (non-hydrogen) atoms. The van der Waals surface area contributed by atoms with Crippen molar-refractivity contribution in [3.63, 3.8) is 0 Å². The van der Waals surface area contributed by atoms with Crippen LogP contribution < -0.4 is 5.32 Å². The van der Waals surface area contributed by atoms with E-state index in [9.17, 15) is 0 Å². The normalized spacial score (nSPS) is 25.7. The molecule has 0 amide bonds. The zero-order valence-corrected chi connectivity index (χ0v) is 8.88. The molecule has 1 unspecified atom stereocenters. The molecule has 1 fully saturated rings. The van der Waals surface area contributed by atoms with E-state index in [4.69, 9.17) is 0 Å². The zero-order valence-electron chi connectivity index (χ0n) is 8.88. The van der Waals surface area contributed by atoms with E-state index in [1.54, 1.807) is 0 Å². The number of hydrogen-bond acceptors (Lipinski definition) is 2. The zero-order chi connectivity index (χ0) is 9.71. The summed E-state index contributed by atoms with van der Waals surface area (Å²) in [4.78, 5) is 0. The molecule has 1 N–H and O–H groups in total. The van der Waals surface area contributed by atoms with Gasteiger partial charge in [0.2, 0.25) is 0 Å². The Labute approximate surface area is 84.5 Å². The predicted molar refractivity (Wildman–Crippen MR) is 56.6 cm³/mol. The van der Waals surface area contributed by atoms with E-state index in [1.807, 2.05) is 0 Å². The van der Waals surface area contributed by atoms with Gasteiger partial charge in [-0.3, -0.25) is 0 Å². The lowest BCUT2D eigenvalue weighted by atomic mass is 10.1. The summed E-state index contributed by atoms with van der Waals surface area (Å²) in [7, 11) is 0. The lowest BCUT2D eigenvalue weighted by Gasteiger charge is -2.26. The maximum Gasteiger partial charge on any atom is 0.127 e. The van der Waals surface area contributed by atoms with E-state index in [0.29, 0.717) is 6.04 Å². The van der Waals surface area contributed by atoms with Crippen LogP contribution in [-0.2, 0) is 0 Å². The number of aryl methyl sites for hydroxylation is 1. The summed E-state index contributed by atoms with van der Waals surface area (Å²) < 4.78 is 2.24. The van der Waals surface area contributed by atoms with Crippen molar-refractivity contribution in [3.05, 3.63) is 11.3 Å². The van der Waals surface area contributed by atoms with Crippen LogP contribution in [0.25, 0.3) is 0 Å². The maximum absolute atomic E-state index is 4.65. The molecule has 1 aromatic heterocycles. The molecule has 0 saturated heterocycles. The average Bonchev–Trinajstić information content (AvgIpc) is 2.96. The van der Waals surface area contributed by atoms with Crippen molar-refractivity contribution >= 4 is 5.82 Å². The van der Waals surface area contributed by atoms with E-state index >= 15 is 0 Å². The van der Waals surface area contributed by atoms with Crippen molar-refractivity contribution in [2.24, 2.45) is 5.92 Å². The number of nitrogens with zero attached hydrogens (tertiary/aromatic N) is 2. The molecule has 1 aliphatic carbocycles. The fraction of sp³-hybridized carbons (Fsp3) is 0.727. The van der Waals surface area contributed by atoms with Gasteiger partial charge in [-0.25, -0.2) is 4.68 Å². The van der Waals surface area contributed by atoms with Gasteiger partial charge in [-0.1, -0.05) is 0 Å². The van der Waals surface area contributed by atoms with E-state index < -0.39 is 0 Å². The van der Waals surface area contributed by atoms with Crippen LogP contribution in [0.2, 0.25) is 0 Å². The van der Waals surface area contributed by atoms with Gasteiger partial charge in [-0.05, 0) is 39.0 Å². The second kappa shape index (κ2) is 2.75. The Morgan fingerprint density at radius 2 is 2.07 bits per heavy atom. The van der Waals surface area contributed by atoms with Crippen LogP contribution in [0.5, 0.6) is 0 Å². The highest BCUT2D eigenvalue weighted by molar-refractivity contribution is 5.48. The molecule has 2 heterocycles. The van der Waals surface area contributed by atoms with Gasteiger partial charge in [0, 0.05) is 12.1 Å². The van der Waals surface area contributed by atoms with Gasteiger partial charge < -0.3 is 5.32 Å². The van der Waals surface area contributed by atoms with Crippen molar-refractivity contribution in [3.8, 4) is 0 Å². The molecule has 1 atom stereocenters. The van der Waals surface area contributed by atoms with Crippen LogP contribution in [0.1, 0.15) is 36.6 Å². The molecule has 3 heteroatoms. The first-order valence-corrected chi connectivity index (χ1v) is 5.57. The second-order valence-corrected chi connectivity index (χ2v) is 4.62. The third kappa shape index (κ3) is 1.08. The Hall–Kier alpha value is -0.990. The number of fused-ring (bicyclic) bond motifs is 1. The fourth-order valence-corrected chi connectivity index (χ4v) is 2.46.